The minimum atomic E-state index is -3.44. The number of fused-ring (bicyclic) bond motifs is 1. The second kappa shape index (κ2) is 9.16. The molecule has 33 heavy (non-hydrogen) atoms. The maximum Gasteiger partial charge on any atom is 0.286 e. The zero-order valence-corrected chi connectivity index (χ0v) is 19.0. The first-order chi connectivity index (χ1) is 15.8. The van der Waals surface area contributed by atoms with Crippen LogP contribution < -0.4 is 14.8 Å². The topological polar surface area (TPSA) is 138 Å². The molecule has 2 heterocycles. The van der Waals surface area contributed by atoms with E-state index in [9.17, 15) is 23.3 Å². The van der Waals surface area contributed by atoms with Gasteiger partial charge in [-0.2, -0.15) is 0 Å². The van der Waals surface area contributed by atoms with E-state index < -0.39 is 32.4 Å². The Morgan fingerprint density at radius 3 is 2.79 bits per heavy atom. The molecule has 0 saturated carbocycles. The third-order valence-corrected chi connectivity index (χ3v) is 7.64. The van der Waals surface area contributed by atoms with Crippen molar-refractivity contribution in [3.8, 4) is 11.5 Å². The minimum Gasteiger partial charge on any atom is -0.493 e. The van der Waals surface area contributed by atoms with E-state index in [4.69, 9.17) is 9.47 Å². The minimum absolute atomic E-state index is 0.0793. The van der Waals surface area contributed by atoms with Crippen molar-refractivity contribution in [3.63, 3.8) is 0 Å². The molecular formula is C21H19N3O7S2. The number of hydrogen-bond donors (Lipinski definition) is 1. The predicted octanol–water partition coefficient (Wildman–Crippen LogP) is 3.29. The van der Waals surface area contributed by atoms with Crippen molar-refractivity contribution in [3.05, 3.63) is 74.2 Å². The summed E-state index contributed by atoms with van der Waals surface area (Å²) < 4.78 is 35.6. The van der Waals surface area contributed by atoms with Crippen molar-refractivity contribution in [2.24, 2.45) is 0 Å². The number of nitrogens with zero attached hydrogens (tertiary/aromatic N) is 2. The van der Waals surface area contributed by atoms with Gasteiger partial charge in [-0.3, -0.25) is 14.9 Å². The first kappa shape index (κ1) is 22.7. The van der Waals surface area contributed by atoms with Crippen LogP contribution in [0.5, 0.6) is 11.5 Å². The summed E-state index contributed by atoms with van der Waals surface area (Å²) in [5, 5.41) is 16.2. The first-order valence-corrected chi connectivity index (χ1v) is 12.4. The lowest BCUT2D eigenvalue weighted by Gasteiger charge is -2.26. The molecule has 1 amide bonds. The third kappa shape index (κ3) is 4.66. The van der Waals surface area contributed by atoms with Gasteiger partial charge in [-0.1, -0.05) is 18.2 Å². The first-order valence-electron chi connectivity index (χ1n) is 9.79. The lowest BCUT2D eigenvalue weighted by Crippen LogP contribution is -2.34. The van der Waals surface area contributed by atoms with Crippen LogP contribution in [-0.4, -0.2) is 37.1 Å². The van der Waals surface area contributed by atoms with Gasteiger partial charge in [0.2, 0.25) is 0 Å². The maximum atomic E-state index is 13.1. The molecule has 1 aliphatic heterocycles. The summed E-state index contributed by atoms with van der Waals surface area (Å²) in [4.78, 5) is 28.4. The highest BCUT2D eigenvalue weighted by atomic mass is 32.2. The molecule has 1 aromatic heterocycles. The van der Waals surface area contributed by atoms with E-state index in [0.29, 0.717) is 11.3 Å². The van der Waals surface area contributed by atoms with Crippen molar-refractivity contribution >= 4 is 32.8 Å². The molecule has 0 spiro atoms. The summed E-state index contributed by atoms with van der Waals surface area (Å²) in [7, 11) is -2.08. The molecule has 0 bridgehead atoms. The normalized spacial score (nSPS) is 16.5. The van der Waals surface area contributed by atoms with E-state index >= 15 is 0 Å². The van der Waals surface area contributed by atoms with Gasteiger partial charge in [0.15, 0.2) is 21.3 Å². The van der Waals surface area contributed by atoms with Crippen molar-refractivity contribution in [2.45, 2.75) is 24.0 Å². The number of amides is 1. The van der Waals surface area contributed by atoms with Gasteiger partial charge in [-0.15, -0.1) is 11.3 Å². The average molecular weight is 490 g/mol. The number of hydrogen-bond acceptors (Lipinski definition) is 9. The Morgan fingerprint density at radius 1 is 1.30 bits per heavy atom. The van der Waals surface area contributed by atoms with Crippen LogP contribution in [-0.2, 0) is 16.4 Å². The third-order valence-electron chi connectivity index (χ3n) is 5.19. The highest BCUT2D eigenvalue weighted by Crippen LogP contribution is 2.37. The molecular weight excluding hydrogens is 470 g/mol. The van der Waals surface area contributed by atoms with Crippen molar-refractivity contribution < 1.29 is 27.6 Å². The standard InChI is InChI=1S/C21H19N3O7S2/c1-30-18-8-15(17(24(26)27)9-19(18)31-10-13-11-32-12-22-13)21(25)23-16-6-7-33(28,29)20-5-3-2-4-14(16)20/h2-5,8-9,11-12,16H,6-7,10H2,1H3,(H,23,25). The van der Waals surface area contributed by atoms with E-state index in [0.717, 1.165) is 6.07 Å². The number of nitro benzene ring substituents is 1. The zero-order valence-electron chi connectivity index (χ0n) is 17.4. The summed E-state index contributed by atoms with van der Waals surface area (Å²) in [6.45, 7) is 0.0793. The van der Waals surface area contributed by atoms with Gasteiger partial charge < -0.3 is 14.8 Å². The number of carbonyl (C=O) groups is 1. The van der Waals surface area contributed by atoms with Crippen molar-refractivity contribution in [1.82, 2.24) is 10.3 Å². The molecule has 172 valence electrons. The van der Waals surface area contributed by atoms with Crippen LogP contribution in [0.2, 0.25) is 0 Å². The number of thiazole rings is 1. The number of nitrogens with one attached hydrogen (secondary N) is 1. The van der Waals surface area contributed by atoms with Crippen LogP contribution >= 0.6 is 11.3 Å². The second-order valence-electron chi connectivity index (χ2n) is 7.22. The largest absolute Gasteiger partial charge is 0.493 e. The molecule has 0 radical (unpaired) electrons. The quantitative estimate of drug-likeness (QED) is 0.394. The van der Waals surface area contributed by atoms with Gasteiger partial charge in [0.25, 0.3) is 11.6 Å². The van der Waals surface area contributed by atoms with Gasteiger partial charge in [0.1, 0.15) is 12.2 Å². The molecule has 1 unspecified atom stereocenters. The van der Waals surface area contributed by atoms with Crippen LogP contribution in [0, 0.1) is 10.1 Å². The van der Waals surface area contributed by atoms with Crippen LogP contribution in [0.25, 0.3) is 0 Å². The Morgan fingerprint density at radius 2 is 2.09 bits per heavy atom. The molecule has 0 aliphatic carbocycles. The molecule has 2 aromatic carbocycles. The Balaban J connectivity index is 1.64. The molecule has 1 atom stereocenters. The van der Waals surface area contributed by atoms with Gasteiger partial charge in [-0.05, 0) is 18.1 Å². The second-order valence-corrected chi connectivity index (χ2v) is 10.0. The Labute approximate surface area is 193 Å². The number of sulfone groups is 1. The maximum absolute atomic E-state index is 13.1. The SMILES string of the molecule is COc1cc(C(=O)NC2CCS(=O)(=O)c3ccccc32)c([N+](=O)[O-])cc1OCc1cscn1. The molecule has 1 N–H and O–H groups in total. The number of benzene rings is 2. The highest BCUT2D eigenvalue weighted by molar-refractivity contribution is 7.91. The fourth-order valence-electron chi connectivity index (χ4n) is 3.59. The van der Waals surface area contributed by atoms with Crippen LogP contribution in [0.3, 0.4) is 0 Å². The summed E-state index contributed by atoms with van der Waals surface area (Å²) in [5.74, 6) is -0.607. The average Bonchev–Trinajstić information content (AvgIpc) is 3.32. The fraction of sp³-hybridized carbons (Fsp3) is 0.238. The molecule has 1 aliphatic rings. The van der Waals surface area contributed by atoms with E-state index in [2.05, 4.69) is 10.3 Å². The summed E-state index contributed by atoms with van der Waals surface area (Å²) in [5.41, 5.74) is 2.06. The van der Waals surface area contributed by atoms with Crippen molar-refractivity contribution in [1.29, 1.82) is 0 Å². The number of aromatic nitrogens is 1. The number of methoxy groups -OCH3 is 1. The van der Waals surface area contributed by atoms with Crippen molar-refractivity contribution in [2.75, 3.05) is 12.9 Å². The number of rotatable bonds is 7. The van der Waals surface area contributed by atoms with E-state index in [1.165, 1.54) is 30.6 Å². The number of carbonyl (C=O) groups excluding carboxylic acids is 1. The van der Waals surface area contributed by atoms with Gasteiger partial charge >= 0.3 is 0 Å². The number of ether oxygens (including phenoxy) is 2. The molecule has 0 fully saturated rings. The summed E-state index contributed by atoms with van der Waals surface area (Å²) in [6, 6.07) is 8.18. The molecule has 3 aromatic rings. The molecule has 12 heteroatoms. The number of nitro groups is 1. The smallest absolute Gasteiger partial charge is 0.286 e. The van der Waals surface area contributed by atoms with E-state index in [1.807, 2.05) is 0 Å². The Bertz CT molecular complexity index is 1310. The Hall–Kier alpha value is -3.51. The van der Waals surface area contributed by atoms with Crippen LogP contribution in [0.15, 0.2) is 52.2 Å². The monoisotopic (exact) mass is 489 g/mol. The highest BCUT2D eigenvalue weighted by Gasteiger charge is 2.33. The van der Waals surface area contributed by atoms with Gasteiger partial charge in [0, 0.05) is 11.4 Å². The van der Waals surface area contributed by atoms with E-state index in [1.54, 1.807) is 29.1 Å². The van der Waals surface area contributed by atoms with Crippen LogP contribution in [0.4, 0.5) is 5.69 Å². The Kier molecular flexibility index (Phi) is 6.29. The predicted molar refractivity (Wildman–Crippen MR) is 119 cm³/mol. The summed E-state index contributed by atoms with van der Waals surface area (Å²) in [6.07, 6.45) is 0.158. The summed E-state index contributed by atoms with van der Waals surface area (Å²) >= 11 is 1.39. The van der Waals surface area contributed by atoms with Crippen LogP contribution in [0.1, 0.15) is 34.1 Å². The zero-order chi connectivity index (χ0) is 23.6. The fourth-order valence-corrected chi connectivity index (χ4v) is 5.76. The molecule has 10 nitrogen and oxygen atoms in total. The van der Waals surface area contributed by atoms with E-state index in [-0.39, 0.29) is 40.7 Å². The molecule has 4 rings (SSSR count). The lowest BCUT2D eigenvalue weighted by molar-refractivity contribution is -0.385. The molecule has 0 saturated heterocycles. The van der Waals surface area contributed by atoms with Gasteiger partial charge in [0.05, 0.1) is 46.0 Å². The lowest BCUT2D eigenvalue weighted by atomic mass is 10.0. The van der Waals surface area contributed by atoms with Gasteiger partial charge in [-0.25, -0.2) is 13.4 Å².